The van der Waals surface area contributed by atoms with Gasteiger partial charge in [-0.05, 0) is 30.3 Å². The number of halogens is 1. The van der Waals surface area contributed by atoms with Gasteiger partial charge in [0, 0.05) is 5.69 Å². The zero-order chi connectivity index (χ0) is 15.5. The van der Waals surface area contributed by atoms with Crippen molar-refractivity contribution in [1.29, 1.82) is 0 Å². The third-order valence-corrected chi connectivity index (χ3v) is 3.32. The highest BCUT2D eigenvalue weighted by molar-refractivity contribution is 5.98. The monoisotopic (exact) mass is 302 g/mol. The van der Waals surface area contributed by atoms with Gasteiger partial charge in [0.05, 0.1) is 24.9 Å². The third kappa shape index (κ3) is 2.67. The maximum absolute atomic E-state index is 13.7. The quantitative estimate of drug-likeness (QED) is 0.915. The fourth-order valence-electron chi connectivity index (χ4n) is 2.30. The van der Waals surface area contributed by atoms with Crippen LogP contribution in [0.4, 0.5) is 15.8 Å². The highest BCUT2D eigenvalue weighted by atomic mass is 19.1. The molecule has 1 aliphatic rings. The molecule has 114 valence electrons. The lowest BCUT2D eigenvalue weighted by Gasteiger charge is -2.13. The molecule has 0 saturated heterocycles. The van der Waals surface area contributed by atoms with Crippen molar-refractivity contribution in [2.45, 2.75) is 0 Å². The second-order valence-corrected chi connectivity index (χ2v) is 4.76. The molecule has 6 heteroatoms. The van der Waals surface area contributed by atoms with Crippen LogP contribution in [0.5, 0.6) is 11.5 Å². The van der Waals surface area contributed by atoms with Gasteiger partial charge < -0.3 is 20.1 Å². The number of benzene rings is 2. The Kier molecular flexibility index (Phi) is 3.82. The highest BCUT2D eigenvalue weighted by Gasteiger charge is 2.17. The Labute approximate surface area is 127 Å². The van der Waals surface area contributed by atoms with Crippen LogP contribution in [-0.4, -0.2) is 26.2 Å². The molecule has 0 atom stereocenters. The molecule has 22 heavy (non-hydrogen) atoms. The summed E-state index contributed by atoms with van der Waals surface area (Å²) >= 11 is 0. The number of nitrogens with one attached hydrogen (secondary N) is 2. The normalized spacial score (nSPS) is 13.5. The molecule has 2 aromatic rings. The molecule has 0 radical (unpaired) electrons. The van der Waals surface area contributed by atoms with Crippen LogP contribution >= 0.6 is 0 Å². The molecule has 0 aromatic heterocycles. The summed E-state index contributed by atoms with van der Waals surface area (Å²) in [5.74, 6) is 0.00981. The molecule has 1 amide bonds. The van der Waals surface area contributed by atoms with Crippen LogP contribution < -0.4 is 20.1 Å². The molecule has 0 spiro atoms. The molecule has 2 N–H and O–H groups in total. The summed E-state index contributed by atoms with van der Waals surface area (Å²) < 4.78 is 24.2. The Hall–Kier alpha value is -2.76. The summed E-state index contributed by atoms with van der Waals surface area (Å²) in [6.07, 6.45) is 0. The van der Waals surface area contributed by atoms with Crippen LogP contribution in [0.2, 0.25) is 0 Å². The van der Waals surface area contributed by atoms with E-state index >= 15 is 0 Å². The van der Waals surface area contributed by atoms with E-state index in [-0.39, 0.29) is 11.7 Å². The van der Waals surface area contributed by atoms with E-state index in [1.807, 2.05) is 0 Å². The Morgan fingerprint density at radius 3 is 3.00 bits per heavy atom. The lowest BCUT2D eigenvalue weighted by atomic mass is 10.1. The van der Waals surface area contributed by atoms with E-state index in [1.165, 1.54) is 13.2 Å². The molecule has 0 bridgehead atoms. The molecule has 3 rings (SSSR count). The summed E-state index contributed by atoms with van der Waals surface area (Å²) in [4.78, 5) is 12.0. The second-order valence-electron chi connectivity index (χ2n) is 4.76. The third-order valence-electron chi connectivity index (χ3n) is 3.32. The van der Waals surface area contributed by atoms with Crippen molar-refractivity contribution in [1.82, 2.24) is 5.32 Å². The first kappa shape index (κ1) is 14.2. The van der Waals surface area contributed by atoms with Gasteiger partial charge in [0.25, 0.3) is 5.91 Å². The number of carbonyl (C=O) groups is 1. The number of rotatable bonds is 3. The van der Waals surface area contributed by atoms with E-state index in [1.54, 1.807) is 30.3 Å². The Bertz CT molecular complexity index is 719. The van der Waals surface area contributed by atoms with Gasteiger partial charge >= 0.3 is 0 Å². The van der Waals surface area contributed by atoms with Gasteiger partial charge in [-0.15, -0.1) is 0 Å². The van der Waals surface area contributed by atoms with Crippen molar-refractivity contribution in [3.05, 3.63) is 47.8 Å². The van der Waals surface area contributed by atoms with Gasteiger partial charge in [-0.1, -0.05) is 6.07 Å². The topological polar surface area (TPSA) is 59.6 Å². The van der Waals surface area contributed by atoms with Gasteiger partial charge in [-0.3, -0.25) is 4.79 Å². The van der Waals surface area contributed by atoms with Crippen molar-refractivity contribution < 1.29 is 18.7 Å². The molecular weight excluding hydrogens is 287 g/mol. The predicted molar refractivity (Wildman–Crippen MR) is 80.5 cm³/mol. The molecule has 0 saturated carbocycles. The predicted octanol–water partition coefficient (Wildman–Crippen LogP) is 2.70. The SMILES string of the molecule is COc1c(F)cccc1Nc1ccc2c(c1)C(=O)NCCO2. The van der Waals surface area contributed by atoms with Crippen LogP contribution in [0, 0.1) is 5.82 Å². The minimum Gasteiger partial charge on any atom is -0.492 e. The summed E-state index contributed by atoms with van der Waals surface area (Å²) in [5.41, 5.74) is 1.57. The molecule has 0 unspecified atom stereocenters. The van der Waals surface area contributed by atoms with Crippen molar-refractivity contribution in [3.8, 4) is 11.5 Å². The van der Waals surface area contributed by atoms with Crippen LogP contribution in [0.15, 0.2) is 36.4 Å². The molecule has 0 fully saturated rings. The van der Waals surface area contributed by atoms with Crippen LogP contribution in [0.1, 0.15) is 10.4 Å². The van der Waals surface area contributed by atoms with Gasteiger partial charge in [-0.2, -0.15) is 0 Å². The number of ether oxygens (including phenoxy) is 2. The van der Waals surface area contributed by atoms with Crippen molar-refractivity contribution in [3.63, 3.8) is 0 Å². The number of carbonyl (C=O) groups excluding carboxylic acids is 1. The molecule has 0 aliphatic carbocycles. The lowest BCUT2D eigenvalue weighted by Crippen LogP contribution is -2.24. The average Bonchev–Trinajstić information content (AvgIpc) is 2.70. The fraction of sp³-hybridized carbons (Fsp3) is 0.188. The summed E-state index contributed by atoms with van der Waals surface area (Å²) in [7, 11) is 1.40. The van der Waals surface area contributed by atoms with E-state index in [0.29, 0.717) is 35.8 Å². The van der Waals surface area contributed by atoms with Gasteiger partial charge in [0.15, 0.2) is 11.6 Å². The first-order valence-corrected chi connectivity index (χ1v) is 6.83. The standard InChI is InChI=1S/C16H15FN2O3/c1-21-15-12(17)3-2-4-13(15)19-10-5-6-14-11(9-10)16(20)18-7-8-22-14/h2-6,9,19H,7-8H2,1H3,(H,18,20). The number of fused-ring (bicyclic) bond motifs is 1. The first-order valence-electron chi connectivity index (χ1n) is 6.83. The van der Waals surface area contributed by atoms with Crippen LogP contribution in [-0.2, 0) is 0 Å². The van der Waals surface area contributed by atoms with Gasteiger partial charge in [-0.25, -0.2) is 4.39 Å². The molecule has 1 aliphatic heterocycles. The lowest BCUT2D eigenvalue weighted by molar-refractivity contribution is 0.0957. The number of hydrogen-bond acceptors (Lipinski definition) is 4. The minimum absolute atomic E-state index is 0.123. The average molecular weight is 302 g/mol. The van der Waals surface area contributed by atoms with E-state index in [2.05, 4.69) is 10.6 Å². The second kappa shape index (κ2) is 5.93. The zero-order valence-corrected chi connectivity index (χ0v) is 12.0. The van der Waals surface area contributed by atoms with E-state index in [0.717, 1.165) is 0 Å². The van der Waals surface area contributed by atoms with Crippen molar-refractivity contribution >= 4 is 17.3 Å². The van der Waals surface area contributed by atoms with E-state index < -0.39 is 5.82 Å². The molecular formula is C16H15FN2O3. The van der Waals surface area contributed by atoms with Crippen molar-refractivity contribution in [2.24, 2.45) is 0 Å². The van der Waals surface area contributed by atoms with Gasteiger partial charge in [0.1, 0.15) is 12.4 Å². The number of anilines is 2. The number of methoxy groups -OCH3 is 1. The minimum atomic E-state index is -0.455. The van der Waals surface area contributed by atoms with Crippen molar-refractivity contribution in [2.75, 3.05) is 25.6 Å². The molecule has 1 heterocycles. The Balaban J connectivity index is 1.94. The zero-order valence-electron chi connectivity index (χ0n) is 12.0. The Morgan fingerprint density at radius 2 is 2.18 bits per heavy atom. The van der Waals surface area contributed by atoms with E-state index in [4.69, 9.17) is 9.47 Å². The summed E-state index contributed by atoms with van der Waals surface area (Å²) in [6.45, 7) is 0.900. The summed E-state index contributed by atoms with van der Waals surface area (Å²) in [5, 5.41) is 5.80. The summed E-state index contributed by atoms with van der Waals surface area (Å²) in [6, 6.07) is 9.75. The molecule has 5 nitrogen and oxygen atoms in total. The number of hydrogen-bond donors (Lipinski definition) is 2. The van der Waals surface area contributed by atoms with E-state index in [9.17, 15) is 9.18 Å². The van der Waals surface area contributed by atoms with Crippen LogP contribution in [0.25, 0.3) is 0 Å². The number of amides is 1. The largest absolute Gasteiger partial charge is 0.492 e. The van der Waals surface area contributed by atoms with Crippen LogP contribution in [0.3, 0.4) is 0 Å². The maximum Gasteiger partial charge on any atom is 0.255 e. The smallest absolute Gasteiger partial charge is 0.255 e. The molecule has 2 aromatic carbocycles. The fourth-order valence-corrected chi connectivity index (χ4v) is 2.30. The Morgan fingerprint density at radius 1 is 1.32 bits per heavy atom. The highest BCUT2D eigenvalue weighted by Crippen LogP contribution is 2.32. The van der Waals surface area contributed by atoms with Gasteiger partial charge in [0.2, 0.25) is 0 Å². The maximum atomic E-state index is 13.7. The number of para-hydroxylation sites is 1. The first-order chi connectivity index (χ1) is 10.7.